The van der Waals surface area contributed by atoms with Crippen molar-refractivity contribution < 1.29 is 0 Å². The van der Waals surface area contributed by atoms with Gasteiger partial charge < -0.3 is 0 Å². The number of hydrogen-bond acceptors (Lipinski definition) is 2. The van der Waals surface area contributed by atoms with E-state index in [1.807, 2.05) is 5.38 Å². The normalized spacial score (nSPS) is 11.6. The predicted octanol–water partition coefficient (Wildman–Crippen LogP) is 4.76. The molecule has 0 aliphatic carbocycles. The van der Waals surface area contributed by atoms with Gasteiger partial charge in [0.1, 0.15) is 0 Å². The van der Waals surface area contributed by atoms with Crippen molar-refractivity contribution in [3.63, 3.8) is 0 Å². The lowest BCUT2D eigenvalue weighted by Crippen LogP contribution is -1.92. The highest BCUT2D eigenvalue weighted by atomic mass is 32.1. The number of nitrogens with zero attached hydrogens (tertiary/aromatic N) is 1. The molecule has 0 amide bonds. The number of unbranched alkanes of at least 4 members (excludes halogenated alkanes) is 1. The molecule has 1 unspecified atom stereocenters. The fraction of sp³-hybridized carbons (Fsp3) is 0.750. The van der Waals surface area contributed by atoms with E-state index in [-0.39, 0.29) is 0 Å². The molecule has 1 aromatic heterocycles. The van der Waals surface area contributed by atoms with E-state index in [0.29, 0.717) is 0 Å². The minimum atomic E-state index is 0.968. The van der Waals surface area contributed by atoms with E-state index in [0.717, 1.165) is 5.92 Å². The van der Waals surface area contributed by atoms with Crippen molar-refractivity contribution in [2.45, 2.75) is 52.9 Å². The van der Waals surface area contributed by atoms with Crippen LogP contribution in [0.4, 0.5) is 0 Å². The fourth-order valence-corrected chi connectivity index (χ4v) is 1.72. The predicted molar refractivity (Wildman–Crippen MR) is 65.7 cm³/mol. The third-order valence-corrected chi connectivity index (χ3v) is 2.70. The summed E-state index contributed by atoms with van der Waals surface area (Å²) in [7, 11) is 0. The van der Waals surface area contributed by atoms with E-state index in [1.165, 1.54) is 32.1 Å². The topological polar surface area (TPSA) is 12.9 Å². The van der Waals surface area contributed by atoms with E-state index >= 15 is 0 Å². The molecule has 0 spiro atoms. The molecule has 0 aromatic carbocycles. The van der Waals surface area contributed by atoms with Crippen LogP contribution >= 0.6 is 11.3 Å². The summed E-state index contributed by atoms with van der Waals surface area (Å²) < 4.78 is 0. The summed E-state index contributed by atoms with van der Waals surface area (Å²) in [6, 6.07) is 0. The highest BCUT2D eigenvalue weighted by Gasteiger charge is 1.97. The lowest BCUT2D eigenvalue weighted by atomic mass is 10.00. The lowest BCUT2D eigenvalue weighted by molar-refractivity contribution is 0.466. The quantitative estimate of drug-likeness (QED) is 0.687. The summed E-state index contributed by atoms with van der Waals surface area (Å²) in [6.07, 6.45) is 8.75. The molecule has 0 fully saturated rings. The van der Waals surface area contributed by atoms with Crippen LogP contribution in [0, 0.1) is 5.92 Å². The molecule has 1 aromatic rings. The first kappa shape index (κ1) is 13.6. The monoisotopic (exact) mass is 213 g/mol. The zero-order valence-electron chi connectivity index (χ0n) is 9.70. The molecule has 0 aliphatic rings. The molecule has 0 bridgehead atoms. The van der Waals surface area contributed by atoms with Gasteiger partial charge in [-0.05, 0) is 5.92 Å². The molecule has 82 valence electrons. The molecule has 1 nitrogen and oxygen atoms in total. The van der Waals surface area contributed by atoms with Gasteiger partial charge in [-0.1, -0.05) is 52.9 Å². The van der Waals surface area contributed by atoms with Crippen LogP contribution in [0.1, 0.15) is 52.9 Å². The smallest absolute Gasteiger partial charge is 0.0791 e. The van der Waals surface area contributed by atoms with Crippen molar-refractivity contribution in [3.8, 4) is 0 Å². The third kappa shape index (κ3) is 9.72. The first-order valence-electron chi connectivity index (χ1n) is 5.63. The Morgan fingerprint density at radius 1 is 1.21 bits per heavy atom. The molecule has 0 aliphatic heterocycles. The average Bonchev–Trinajstić information content (AvgIpc) is 2.73. The van der Waals surface area contributed by atoms with Gasteiger partial charge in [-0.25, -0.2) is 0 Å². The summed E-state index contributed by atoms with van der Waals surface area (Å²) >= 11 is 1.60. The number of rotatable bonds is 5. The molecule has 1 atom stereocenters. The van der Waals surface area contributed by atoms with E-state index in [4.69, 9.17) is 0 Å². The van der Waals surface area contributed by atoms with Crippen molar-refractivity contribution in [2.24, 2.45) is 5.92 Å². The molecule has 0 saturated heterocycles. The second kappa shape index (κ2) is 10.7. The fourth-order valence-electron chi connectivity index (χ4n) is 1.37. The van der Waals surface area contributed by atoms with Crippen LogP contribution in [0.25, 0.3) is 0 Å². The van der Waals surface area contributed by atoms with Crippen LogP contribution in [-0.4, -0.2) is 4.98 Å². The number of hydrogen-bond donors (Lipinski definition) is 0. The van der Waals surface area contributed by atoms with Gasteiger partial charge in [0.25, 0.3) is 0 Å². The first-order chi connectivity index (χ1) is 6.81. The van der Waals surface area contributed by atoms with E-state index < -0.39 is 0 Å². The molecule has 0 radical (unpaired) electrons. The number of thiazole rings is 1. The van der Waals surface area contributed by atoms with Gasteiger partial charge in [-0.2, -0.15) is 0 Å². The molecular formula is C12H23NS. The minimum absolute atomic E-state index is 0.968. The van der Waals surface area contributed by atoms with Crippen LogP contribution in [0.5, 0.6) is 0 Å². The van der Waals surface area contributed by atoms with Gasteiger partial charge in [0, 0.05) is 11.6 Å². The van der Waals surface area contributed by atoms with Gasteiger partial charge in [0.05, 0.1) is 5.51 Å². The highest BCUT2D eigenvalue weighted by molar-refractivity contribution is 7.07. The summed E-state index contributed by atoms with van der Waals surface area (Å²) in [5, 5.41) is 1.93. The molecule has 0 saturated carbocycles. The maximum atomic E-state index is 3.74. The Morgan fingerprint density at radius 3 is 2.36 bits per heavy atom. The van der Waals surface area contributed by atoms with E-state index in [2.05, 4.69) is 25.8 Å². The molecule has 14 heavy (non-hydrogen) atoms. The minimum Gasteiger partial charge on any atom is -0.253 e. The van der Waals surface area contributed by atoms with Gasteiger partial charge in [-0.3, -0.25) is 4.98 Å². The van der Waals surface area contributed by atoms with E-state index in [1.54, 1.807) is 23.0 Å². The highest BCUT2D eigenvalue weighted by Crippen LogP contribution is 2.12. The SMILES string of the molecule is CCCCC(C)CCC.c1cscn1. The third-order valence-electron chi connectivity index (χ3n) is 2.18. The Morgan fingerprint density at radius 2 is 2.00 bits per heavy atom. The van der Waals surface area contributed by atoms with Crippen molar-refractivity contribution in [1.29, 1.82) is 0 Å². The lowest BCUT2D eigenvalue weighted by Gasteiger charge is -2.07. The van der Waals surface area contributed by atoms with E-state index in [9.17, 15) is 0 Å². The Hall–Kier alpha value is -0.370. The zero-order valence-corrected chi connectivity index (χ0v) is 10.5. The zero-order chi connectivity index (χ0) is 10.6. The molecule has 0 N–H and O–H groups in total. The molecular weight excluding hydrogens is 190 g/mol. The first-order valence-corrected chi connectivity index (χ1v) is 6.57. The summed E-state index contributed by atoms with van der Waals surface area (Å²) in [5.41, 5.74) is 1.79. The van der Waals surface area contributed by atoms with Gasteiger partial charge in [-0.15, -0.1) is 11.3 Å². The largest absolute Gasteiger partial charge is 0.253 e. The van der Waals surface area contributed by atoms with Crippen LogP contribution in [0.3, 0.4) is 0 Å². The molecule has 1 heterocycles. The maximum absolute atomic E-state index is 3.74. The second-order valence-electron chi connectivity index (χ2n) is 3.71. The Balaban J connectivity index is 0.000000280. The Labute approximate surface area is 92.6 Å². The summed E-state index contributed by atoms with van der Waals surface area (Å²) in [4.78, 5) is 3.74. The van der Waals surface area contributed by atoms with Crippen molar-refractivity contribution in [3.05, 3.63) is 17.1 Å². The summed E-state index contributed by atoms with van der Waals surface area (Å²) in [6.45, 7) is 6.89. The maximum Gasteiger partial charge on any atom is 0.0791 e. The van der Waals surface area contributed by atoms with Crippen LogP contribution in [-0.2, 0) is 0 Å². The van der Waals surface area contributed by atoms with Crippen molar-refractivity contribution in [1.82, 2.24) is 4.98 Å². The molecule has 2 heteroatoms. The van der Waals surface area contributed by atoms with Crippen LogP contribution in [0.15, 0.2) is 17.1 Å². The van der Waals surface area contributed by atoms with Gasteiger partial charge in [0.15, 0.2) is 0 Å². The van der Waals surface area contributed by atoms with Crippen molar-refractivity contribution in [2.75, 3.05) is 0 Å². The summed E-state index contributed by atoms with van der Waals surface area (Å²) in [5.74, 6) is 0.968. The van der Waals surface area contributed by atoms with Crippen LogP contribution in [0.2, 0.25) is 0 Å². The second-order valence-corrected chi connectivity index (χ2v) is 4.47. The standard InChI is InChI=1S/C9H20.C3H3NS/c1-4-6-8-9(3)7-5-2;1-2-5-3-4-1/h9H,4-8H2,1-3H3;1-3H. The Bertz CT molecular complexity index is 155. The Kier molecular flexibility index (Phi) is 10.4. The van der Waals surface area contributed by atoms with Gasteiger partial charge in [0.2, 0.25) is 0 Å². The average molecular weight is 213 g/mol. The molecule has 1 rings (SSSR count). The number of aromatic nitrogens is 1. The van der Waals surface area contributed by atoms with Crippen molar-refractivity contribution >= 4 is 11.3 Å². The van der Waals surface area contributed by atoms with Crippen LogP contribution < -0.4 is 0 Å². The van der Waals surface area contributed by atoms with Gasteiger partial charge >= 0.3 is 0 Å².